The van der Waals surface area contributed by atoms with E-state index in [0.29, 0.717) is 6.54 Å². The van der Waals surface area contributed by atoms with Crippen molar-refractivity contribution in [2.45, 2.75) is 31.8 Å². The number of nitrogens with zero attached hydrogens (tertiary/aromatic N) is 3. The van der Waals surface area contributed by atoms with Gasteiger partial charge in [-0.2, -0.15) is 5.10 Å². The molecule has 1 aromatic heterocycles. The Labute approximate surface area is 152 Å². The molecule has 3 N–H and O–H groups in total. The average molecular weight is 362 g/mol. The molecule has 1 saturated heterocycles. The smallest absolute Gasteiger partial charge is 0.274 e. The van der Waals surface area contributed by atoms with Crippen LogP contribution in [-0.2, 0) is 6.54 Å². The van der Waals surface area contributed by atoms with Gasteiger partial charge in [-0.1, -0.05) is 35.9 Å². The fraction of sp³-hybridized carbons (Fsp3) is 0.444. The van der Waals surface area contributed by atoms with Crippen molar-refractivity contribution in [1.29, 1.82) is 0 Å². The minimum atomic E-state index is -0.142. The van der Waals surface area contributed by atoms with Crippen LogP contribution in [0.5, 0.6) is 0 Å². The number of nitrogen functional groups attached to an aromatic ring is 1. The Morgan fingerprint density at radius 1 is 1.36 bits per heavy atom. The van der Waals surface area contributed by atoms with E-state index in [2.05, 4.69) is 53.5 Å². The summed E-state index contributed by atoms with van der Waals surface area (Å²) in [6.45, 7) is 1.61. The number of anilines is 1. The zero-order valence-electron chi connectivity index (χ0n) is 14.6. The first-order chi connectivity index (χ1) is 12.0. The predicted molar refractivity (Wildman–Crippen MR) is 99.5 cm³/mol. The van der Waals surface area contributed by atoms with Crippen molar-refractivity contribution in [3.05, 3.63) is 46.1 Å². The fourth-order valence-corrected chi connectivity index (χ4v) is 3.52. The van der Waals surface area contributed by atoms with E-state index in [0.717, 1.165) is 31.4 Å². The highest BCUT2D eigenvalue weighted by molar-refractivity contribution is 6.35. The van der Waals surface area contributed by atoms with E-state index < -0.39 is 0 Å². The Morgan fingerprint density at radius 2 is 2.08 bits per heavy atom. The fourth-order valence-electron chi connectivity index (χ4n) is 3.36. The largest absolute Gasteiger partial charge is 0.381 e. The van der Waals surface area contributed by atoms with Crippen LogP contribution in [0.25, 0.3) is 0 Å². The second-order valence-electron chi connectivity index (χ2n) is 6.79. The normalized spacial score (nSPS) is 17.9. The maximum Gasteiger partial charge on any atom is 0.274 e. The van der Waals surface area contributed by atoms with Crippen LogP contribution in [0.1, 0.15) is 46.9 Å². The Kier molecular flexibility index (Phi) is 5.30. The summed E-state index contributed by atoms with van der Waals surface area (Å²) < 4.78 is 0. The van der Waals surface area contributed by atoms with Crippen molar-refractivity contribution < 1.29 is 4.79 Å². The first-order valence-corrected chi connectivity index (χ1v) is 8.89. The first-order valence-electron chi connectivity index (χ1n) is 8.51. The second kappa shape index (κ2) is 7.45. The molecule has 0 bridgehead atoms. The highest BCUT2D eigenvalue weighted by atomic mass is 35.5. The average Bonchev–Trinajstić information content (AvgIpc) is 2.94. The van der Waals surface area contributed by atoms with Crippen molar-refractivity contribution in [2.75, 3.05) is 26.4 Å². The van der Waals surface area contributed by atoms with Gasteiger partial charge in [0, 0.05) is 13.1 Å². The highest BCUT2D eigenvalue weighted by Crippen LogP contribution is 2.33. The lowest BCUT2D eigenvalue weighted by Crippen LogP contribution is -2.38. The lowest BCUT2D eigenvalue weighted by molar-refractivity contribution is 0.0605. The molecular formula is C18H24ClN5O. The summed E-state index contributed by atoms with van der Waals surface area (Å²) in [5.41, 5.74) is 8.34. The Morgan fingerprint density at radius 3 is 2.68 bits per heavy atom. The van der Waals surface area contributed by atoms with E-state index in [-0.39, 0.29) is 28.5 Å². The third kappa shape index (κ3) is 3.80. The van der Waals surface area contributed by atoms with Gasteiger partial charge in [-0.15, -0.1) is 0 Å². The maximum atomic E-state index is 12.9. The summed E-state index contributed by atoms with van der Waals surface area (Å²) in [6, 6.07) is 8.56. The molecule has 2 aromatic rings. The summed E-state index contributed by atoms with van der Waals surface area (Å²) in [5, 5.41) is 6.71. The summed E-state index contributed by atoms with van der Waals surface area (Å²) in [7, 11) is 4.10. The molecule has 0 saturated carbocycles. The lowest BCUT2D eigenvalue weighted by atomic mass is 9.94. The number of rotatable bonds is 4. The number of hydrogen-bond donors (Lipinski definition) is 2. The van der Waals surface area contributed by atoms with Crippen LogP contribution >= 0.6 is 11.6 Å². The molecule has 1 fully saturated rings. The zero-order chi connectivity index (χ0) is 18.0. The summed E-state index contributed by atoms with van der Waals surface area (Å²) in [6.07, 6.45) is 3.04. The number of nitrogens with two attached hydrogens (primary N) is 1. The number of amides is 1. The van der Waals surface area contributed by atoms with Crippen LogP contribution in [0.4, 0.5) is 5.82 Å². The number of carbonyl (C=O) groups excluding carboxylic acids is 1. The number of piperidine rings is 1. The van der Waals surface area contributed by atoms with Crippen molar-refractivity contribution in [2.24, 2.45) is 0 Å². The monoisotopic (exact) mass is 361 g/mol. The minimum Gasteiger partial charge on any atom is -0.381 e. The van der Waals surface area contributed by atoms with Gasteiger partial charge in [0.1, 0.15) is 10.7 Å². The summed E-state index contributed by atoms with van der Waals surface area (Å²) in [5.74, 6) is 0.0166. The predicted octanol–water partition coefficient (Wildman–Crippen LogP) is 3.07. The molecule has 1 atom stereocenters. The van der Waals surface area contributed by atoms with E-state index in [9.17, 15) is 4.79 Å². The molecule has 3 rings (SSSR count). The van der Waals surface area contributed by atoms with Gasteiger partial charge < -0.3 is 15.5 Å². The van der Waals surface area contributed by atoms with Crippen LogP contribution in [0.15, 0.2) is 24.3 Å². The van der Waals surface area contributed by atoms with Gasteiger partial charge in [0.2, 0.25) is 0 Å². The van der Waals surface area contributed by atoms with E-state index in [1.165, 1.54) is 5.56 Å². The van der Waals surface area contributed by atoms with Crippen LogP contribution < -0.4 is 5.73 Å². The molecule has 1 aliphatic heterocycles. The number of aromatic nitrogens is 2. The number of hydrogen-bond acceptors (Lipinski definition) is 4. The number of nitrogens with one attached hydrogen (secondary N) is 1. The van der Waals surface area contributed by atoms with E-state index >= 15 is 0 Å². The van der Waals surface area contributed by atoms with Gasteiger partial charge in [0.05, 0.1) is 6.04 Å². The number of aromatic amines is 1. The topological polar surface area (TPSA) is 78.2 Å². The Bertz CT molecular complexity index is 740. The van der Waals surface area contributed by atoms with Crippen molar-refractivity contribution in [1.82, 2.24) is 20.0 Å². The molecule has 1 unspecified atom stereocenters. The van der Waals surface area contributed by atoms with Gasteiger partial charge in [-0.05, 0) is 44.5 Å². The van der Waals surface area contributed by atoms with E-state index in [1.807, 2.05) is 4.90 Å². The SMILES string of the molecule is CN(C)Cc1ccc(C2CCCCN2C(=O)c2[nH]nc(N)c2Cl)cc1. The molecular weight excluding hydrogens is 338 g/mol. The molecule has 2 heterocycles. The van der Waals surface area contributed by atoms with Crippen LogP contribution in [0.2, 0.25) is 5.02 Å². The van der Waals surface area contributed by atoms with Crippen molar-refractivity contribution in [3.8, 4) is 0 Å². The molecule has 25 heavy (non-hydrogen) atoms. The quantitative estimate of drug-likeness (QED) is 0.877. The Hall–Kier alpha value is -2.05. The maximum absolute atomic E-state index is 12.9. The van der Waals surface area contributed by atoms with E-state index in [1.54, 1.807) is 0 Å². The van der Waals surface area contributed by atoms with Gasteiger partial charge in [0.15, 0.2) is 5.82 Å². The van der Waals surface area contributed by atoms with Crippen LogP contribution in [-0.4, -0.2) is 46.5 Å². The lowest BCUT2D eigenvalue weighted by Gasteiger charge is -2.36. The molecule has 0 radical (unpaired) electrons. The summed E-state index contributed by atoms with van der Waals surface area (Å²) >= 11 is 6.11. The van der Waals surface area contributed by atoms with E-state index in [4.69, 9.17) is 17.3 Å². The Balaban J connectivity index is 1.83. The zero-order valence-corrected chi connectivity index (χ0v) is 15.4. The number of likely N-dealkylation sites (tertiary alicyclic amines) is 1. The molecule has 0 spiro atoms. The third-order valence-corrected chi connectivity index (χ3v) is 4.96. The third-order valence-electron chi connectivity index (χ3n) is 4.57. The second-order valence-corrected chi connectivity index (χ2v) is 7.17. The molecule has 1 amide bonds. The van der Waals surface area contributed by atoms with Crippen molar-refractivity contribution >= 4 is 23.3 Å². The highest BCUT2D eigenvalue weighted by Gasteiger charge is 2.31. The number of H-pyrrole nitrogens is 1. The number of carbonyl (C=O) groups is 1. The number of halogens is 1. The number of benzene rings is 1. The van der Waals surface area contributed by atoms with Crippen LogP contribution in [0, 0.1) is 0 Å². The van der Waals surface area contributed by atoms with Crippen LogP contribution in [0.3, 0.4) is 0 Å². The molecule has 1 aromatic carbocycles. The van der Waals surface area contributed by atoms with Gasteiger partial charge in [-0.3, -0.25) is 9.89 Å². The first kappa shape index (κ1) is 17.8. The molecule has 134 valence electrons. The van der Waals surface area contributed by atoms with Gasteiger partial charge in [0.25, 0.3) is 5.91 Å². The molecule has 7 heteroatoms. The van der Waals surface area contributed by atoms with Gasteiger partial charge in [-0.25, -0.2) is 0 Å². The van der Waals surface area contributed by atoms with Gasteiger partial charge >= 0.3 is 0 Å². The molecule has 6 nitrogen and oxygen atoms in total. The molecule has 0 aliphatic carbocycles. The molecule has 1 aliphatic rings. The standard InChI is InChI=1S/C18H24ClN5O/c1-23(2)11-12-6-8-13(9-7-12)14-5-3-4-10-24(14)18(25)16-15(19)17(20)22-21-16/h6-9,14H,3-5,10-11H2,1-2H3,(H3,20,21,22). The van der Waals surface area contributed by atoms with Crippen molar-refractivity contribution in [3.63, 3.8) is 0 Å². The summed E-state index contributed by atoms with van der Waals surface area (Å²) in [4.78, 5) is 17.0. The minimum absolute atomic E-state index is 0.0512.